The normalized spacial score (nSPS) is 43.3. The standard InChI is InChI=1S/C15H26N2S/c1-11-6-2-4-8-13(11)16-15-17-14-9-5-3-7-12(14)10-18-15/h11-14H,2-10H2,1H3,(H,16,17). The number of hydrogen-bond acceptors (Lipinski definition) is 2. The van der Waals surface area contributed by atoms with Crippen molar-refractivity contribution in [1.82, 2.24) is 5.32 Å². The van der Waals surface area contributed by atoms with Gasteiger partial charge in [-0.25, -0.2) is 0 Å². The summed E-state index contributed by atoms with van der Waals surface area (Å²) in [6, 6.07) is 1.33. The highest BCUT2D eigenvalue weighted by Crippen LogP contribution is 2.33. The first-order valence-corrected chi connectivity index (χ1v) is 8.78. The van der Waals surface area contributed by atoms with E-state index in [-0.39, 0.29) is 0 Å². The summed E-state index contributed by atoms with van der Waals surface area (Å²) in [5.41, 5.74) is 0. The third-order valence-corrected chi connectivity index (χ3v) is 6.09. The average molecular weight is 266 g/mol. The fraction of sp³-hybridized carbons (Fsp3) is 0.933. The van der Waals surface area contributed by atoms with Gasteiger partial charge in [-0.1, -0.05) is 44.4 Å². The summed E-state index contributed by atoms with van der Waals surface area (Å²) >= 11 is 1.98. The molecule has 4 atom stereocenters. The van der Waals surface area contributed by atoms with Gasteiger partial charge in [-0.2, -0.15) is 0 Å². The van der Waals surface area contributed by atoms with Crippen LogP contribution in [-0.2, 0) is 0 Å². The van der Waals surface area contributed by atoms with Gasteiger partial charge >= 0.3 is 0 Å². The molecular formula is C15H26N2S. The molecule has 3 rings (SSSR count). The van der Waals surface area contributed by atoms with E-state index in [1.165, 1.54) is 62.3 Å². The molecule has 1 N–H and O–H groups in total. The zero-order valence-corrected chi connectivity index (χ0v) is 12.3. The summed E-state index contributed by atoms with van der Waals surface area (Å²) < 4.78 is 0. The van der Waals surface area contributed by atoms with E-state index in [1.54, 1.807) is 0 Å². The SMILES string of the molecule is CC1CCCCC1N=C1NC2CCCCC2CS1. The smallest absolute Gasteiger partial charge is 0.157 e. The Kier molecular flexibility index (Phi) is 4.17. The van der Waals surface area contributed by atoms with Crippen LogP contribution >= 0.6 is 11.8 Å². The van der Waals surface area contributed by atoms with Crippen LogP contribution in [0, 0.1) is 11.8 Å². The monoisotopic (exact) mass is 266 g/mol. The lowest BCUT2D eigenvalue weighted by atomic mass is 9.85. The predicted octanol–water partition coefficient (Wildman–Crippen LogP) is 3.82. The maximum atomic E-state index is 5.04. The van der Waals surface area contributed by atoms with E-state index in [2.05, 4.69) is 12.2 Å². The number of aliphatic imine (C=N–C) groups is 1. The van der Waals surface area contributed by atoms with E-state index >= 15 is 0 Å². The minimum Gasteiger partial charge on any atom is -0.362 e. The van der Waals surface area contributed by atoms with Gasteiger partial charge in [0.05, 0.1) is 6.04 Å². The Labute approximate surface area is 115 Å². The quantitative estimate of drug-likeness (QED) is 0.780. The fourth-order valence-electron chi connectivity index (χ4n) is 3.70. The Hall–Kier alpha value is -0.180. The minimum atomic E-state index is 0.592. The van der Waals surface area contributed by atoms with Crippen molar-refractivity contribution in [2.24, 2.45) is 16.8 Å². The number of fused-ring (bicyclic) bond motifs is 1. The molecule has 0 radical (unpaired) electrons. The van der Waals surface area contributed by atoms with Gasteiger partial charge in [-0.05, 0) is 37.5 Å². The predicted molar refractivity (Wildman–Crippen MR) is 80.2 cm³/mol. The van der Waals surface area contributed by atoms with E-state index in [1.807, 2.05) is 11.8 Å². The molecule has 2 aliphatic carbocycles. The van der Waals surface area contributed by atoms with Gasteiger partial charge in [0, 0.05) is 11.8 Å². The van der Waals surface area contributed by atoms with Crippen molar-refractivity contribution in [3.8, 4) is 0 Å². The number of thioether (sulfide) groups is 1. The first-order valence-electron chi connectivity index (χ1n) is 7.80. The van der Waals surface area contributed by atoms with Crippen molar-refractivity contribution in [2.75, 3.05) is 5.75 Å². The molecule has 1 heterocycles. The second kappa shape index (κ2) is 5.85. The summed E-state index contributed by atoms with van der Waals surface area (Å²) in [7, 11) is 0. The van der Waals surface area contributed by atoms with Gasteiger partial charge in [0.15, 0.2) is 5.17 Å². The van der Waals surface area contributed by atoms with E-state index in [9.17, 15) is 0 Å². The van der Waals surface area contributed by atoms with Crippen LogP contribution < -0.4 is 5.32 Å². The first-order chi connectivity index (χ1) is 8.83. The van der Waals surface area contributed by atoms with Crippen LogP contribution in [0.25, 0.3) is 0 Å². The molecule has 0 bridgehead atoms. The zero-order valence-electron chi connectivity index (χ0n) is 11.5. The molecule has 0 amide bonds. The molecule has 0 aromatic heterocycles. The lowest BCUT2D eigenvalue weighted by molar-refractivity contribution is 0.307. The molecule has 3 fully saturated rings. The molecule has 3 aliphatic rings. The largest absolute Gasteiger partial charge is 0.362 e. The summed E-state index contributed by atoms with van der Waals surface area (Å²) in [5, 5.41) is 5.00. The lowest BCUT2D eigenvalue weighted by Gasteiger charge is -2.37. The Morgan fingerprint density at radius 1 is 1.06 bits per heavy atom. The van der Waals surface area contributed by atoms with Crippen LogP contribution in [-0.4, -0.2) is 23.0 Å². The van der Waals surface area contributed by atoms with Crippen LogP contribution in [0.1, 0.15) is 58.3 Å². The van der Waals surface area contributed by atoms with Crippen molar-refractivity contribution in [2.45, 2.75) is 70.4 Å². The number of hydrogen-bond donors (Lipinski definition) is 1. The van der Waals surface area contributed by atoms with E-state index in [4.69, 9.17) is 4.99 Å². The molecular weight excluding hydrogens is 240 g/mol. The molecule has 2 saturated carbocycles. The molecule has 3 heteroatoms. The highest BCUT2D eigenvalue weighted by atomic mass is 32.2. The number of nitrogens with one attached hydrogen (secondary N) is 1. The van der Waals surface area contributed by atoms with Gasteiger partial charge in [0.1, 0.15) is 0 Å². The van der Waals surface area contributed by atoms with Crippen molar-refractivity contribution < 1.29 is 0 Å². The van der Waals surface area contributed by atoms with Crippen molar-refractivity contribution >= 4 is 16.9 Å². The van der Waals surface area contributed by atoms with Crippen molar-refractivity contribution in [1.29, 1.82) is 0 Å². The molecule has 4 unspecified atom stereocenters. The van der Waals surface area contributed by atoms with Crippen molar-refractivity contribution in [3.63, 3.8) is 0 Å². The fourth-order valence-corrected chi connectivity index (χ4v) is 4.91. The molecule has 102 valence electrons. The molecule has 1 aliphatic heterocycles. The third kappa shape index (κ3) is 2.87. The average Bonchev–Trinajstić information content (AvgIpc) is 2.41. The van der Waals surface area contributed by atoms with E-state index in [0.29, 0.717) is 6.04 Å². The number of amidine groups is 1. The van der Waals surface area contributed by atoms with E-state index < -0.39 is 0 Å². The lowest BCUT2D eigenvalue weighted by Crippen LogP contribution is -2.46. The Morgan fingerprint density at radius 3 is 2.72 bits per heavy atom. The highest BCUT2D eigenvalue weighted by molar-refractivity contribution is 8.13. The number of nitrogens with zero attached hydrogens (tertiary/aromatic N) is 1. The van der Waals surface area contributed by atoms with Crippen molar-refractivity contribution in [3.05, 3.63) is 0 Å². The van der Waals surface area contributed by atoms with Gasteiger partial charge < -0.3 is 5.32 Å². The van der Waals surface area contributed by atoms with Crippen LogP contribution in [0.5, 0.6) is 0 Å². The Bertz CT molecular complexity index is 316. The second-order valence-corrected chi connectivity index (χ2v) is 7.38. The first kappa shape index (κ1) is 12.8. The highest BCUT2D eigenvalue weighted by Gasteiger charge is 2.31. The zero-order chi connectivity index (χ0) is 12.4. The molecule has 1 saturated heterocycles. The molecule has 0 aromatic carbocycles. The third-order valence-electron chi connectivity index (χ3n) is 5.00. The Morgan fingerprint density at radius 2 is 1.83 bits per heavy atom. The van der Waals surface area contributed by atoms with Gasteiger partial charge in [0.2, 0.25) is 0 Å². The van der Waals surface area contributed by atoms with Gasteiger partial charge in [-0.3, -0.25) is 4.99 Å². The summed E-state index contributed by atoms with van der Waals surface area (Å²) in [5.74, 6) is 3.00. The summed E-state index contributed by atoms with van der Waals surface area (Å²) in [4.78, 5) is 5.04. The maximum absolute atomic E-state index is 5.04. The van der Waals surface area contributed by atoms with Gasteiger partial charge in [-0.15, -0.1) is 0 Å². The Balaban J connectivity index is 1.62. The summed E-state index contributed by atoms with van der Waals surface area (Å²) in [6.45, 7) is 2.38. The second-order valence-electron chi connectivity index (χ2n) is 6.37. The van der Waals surface area contributed by atoms with E-state index in [0.717, 1.165) is 17.9 Å². The topological polar surface area (TPSA) is 24.4 Å². The van der Waals surface area contributed by atoms with Gasteiger partial charge in [0.25, 0.3) is 0 Å². The minimum absolute atomic E-state index is 0.592. The van der Waals surface area contributed by atoms with Crippen LogP contribution in [0.15, 0.2) is 4.99 Å². The van der Waals surface area contributed by atoms with Crippen LogP contribution in [0.2, 0.25) is 0 Å². The maximum Gasteiger partial charge on any atom is 0.157 e. The van der Waals surface area contributed by atoms with Crippen LogP contribution in [0.3, 0.4) is 0 Å². The summed E-state index contributed by atoms with van der Waals surface area (Å²) in [6.07, 6.45) is 11.1. The number of rotatable bonds is 1. The molecule has 2 nitrogen and oxygen atoms in total. The molecule has 0 spiro atoms. The van der Waals surface area contributed by atoms with Crippen LogP contribution in [0.4, 0.5) is 0 Å². The molecule has 0 aromatic rings. The molecule has 18 heavy (non-hydrogen) atoms.